The molecule has 1 heterocycles. The second-order valence-corrected chi connectivity index (χ2v) is 11.7. The largest absolute Gasteiger partial charge is 0.507 e. The molecule has 0 spiro atoms. The van der Waals surface area contributed by atoms with Crippen molar-refractivity contribution < 1.29 is 14.7 Å². The summed E-state index contributed by atoms with van der Waals surface area (Å²) in [4.78, 5) is 29.7. The molecule has 0 radical (unpaired) electrons. The molecule has 7 heteroatoms. The van der Waals surface area contributed by atoms with E-state index in [-0.39, 0.29) is 11.7 Å². The number of amides is 1. The Morgan fingerprint density at radius 2 is 1.62 bits per heavy atom. The SMILES string of the molecule is C=C/C=C(\C=C/CN1CCN(C(=O)CSC[C@H](C)C(C)Sc2cc(C)c(O)c(C)c2)CC1)C(C)=O.CC.CC. The molecular weight excluding hydrogens is 524 g/mol. The monoisotopic (exact) mass is 576 g/mol. The summed E-state index contributed by atoms with van der Waals surface area (Å²) in [7, 11) is 0. The van der Waals surface area contributed by atoms with Crippen LogP contribution in [0.2, 0.25) is 0 Å². The number of piperazine rings is 1. The van der Waals surface area contributed by atoms with E-state index in [0.717, 1.165) is 49.6 Å². The van der Waals surface area contributed by atoms with E-state index in [9.17, 15) is 14.7 Å². The van der Waals surface area contributed by atoms with Crippen LogP contribution in [0.1, 0.15) is 59.6 Å². The Morgan fingerprint density at radius 3 is 2.13 bits per heavy atom. The molecule has 2 rings (SSSR count). The van der Waals surface area contributed by atoms with Crippen LogP contribution in [-0.2, 0) is 9.59 Å². The lowest BCUT2D eigenvalue weighted by atomic mass is 10.1. The van der Waals surface area contributed by atoms with Gasteiger partial charge in [0.1, 0.15) is 5.75 Å². The number of carbonyl (C=O) groups excluding carboxylic acids is 2. The minimum absolute atomic E-state index is 0.0296. The van der Waals surface area contributed by atoms with E-state index in [1.807, 2.05) is 82.5 Å². The molecule has 1 saturated heterocycles. The molecule has 0 saturated carbocycles. The highest BCUT2D eigenvalue weighted by Crippen LogP contribution is 2.34. The number of benzene rings is 1. The third-order valence-electron chi connectivity index (χ3n) is 6.28. The van der Waals surface area contributed by atoms with Gasteiger partial charge in [0.25, 0.3) is 0 Å². The van der Waals surface area contributed by atoms with Crippen molar-refractivity contribution >= 4 is 35.2 Å². The number of Topliss-reactive ketones (excluding diaryl/α,β-unsaturated/α-hetero) is 1. The van der Waals surface area contributed by atoms with Gasteiger partial charge in [-0.1, -0.05) is 72.4 Å². The number of carbonyl (C=O) groups is 2. The molecule has 0 bridgehead atoms. The second-order valence-electron chi connectivity index (χ2n) is 9.22. The predicted molar refractivity (Wildman–Crippen MR) is 173 cm³/mol. The average molecular weight is 577 g/mol. The van der Waals surface area contributed by atoms with Gasteiger partial charge < -0.3 is 10.0 Å². The van der Waals surface area contributed by atoms with Crippen molar-refractivity contribution in [2.45, 2.75) is 72.5 Å². The molecule has 1 aliphatic rings. The summed E-state index contributed by atoms with van der Waals surface area (Å²) in [6.07, 6.45) is 7.21. The summed E-state index contributed by atoms with van der Waals surface area (Å²) >= 11 is 3.55. The molecule has 1 amide bonds. The number of nitrogens with zero attached hydrogens (tertiary/aromatic N) is 2. The summed E-state index contributed by atoms with van der Waals surface area (Å²) in [6, 6.07) is 4.09. The van der Waals surface area contributed by atoms with Gasteiger partial charge in [0.15, 0.2) is 5.78 Å². The number of hydrogen-bond acceptors (Lipinski definition) is 6. The highest BCUT2D eigenvalue weighted by molar-refractivity contribution is 8.00. The minimum Gasteiger partial charge on any atom is -0.507 e. The molecule has 1 aliphatic heterocycles. The zero-order valence-corrected chi connectivity index (χ0v) is 27.4. The van der Waals surface area contributed by atoms with Gasteiger partial charge in [0.2, 0.25) is 5.91 Å². The Morgan fingerprint density at radius 1 is 1.05 bits per heavy atom. The van der Waals surface area contributed by atoms with Crippen LogP contribution in [0, 0.1) is 19.8 Å². The van der Waals surface area contributed by atoms with Crippen molar-refractivity contribution in [1.82, 2.24) is 9.80 Å². The fraction of sp³-hybridized carbons (Fsp3) is 0.562. The molecule has 1 N–H and O–H groups in total. The van der Waals surface area contributed by atoms with Crippen LogP contribution < -0.4 is 0 Å². The number of phenolic OH excluding ortho intramolecular Hbond substituents is 1. The van der Waals surface area contributed by atoms with Crippen LogP contribution in [-0.4, -0.2) is 76.1 Å². The van der Waals surface area contributed by atoms with Gasteiger partial charge in [-0.3, -0.25) is 14.5 Å². The van der Waals surface area contributed by atoms with Crippen LogP contribution in [0.25, 0.3) is 0 Å². The molecular formula is C32H52N2O3S2. The Labute approximate surface area is 247 Å². The van der Waals surface area contributed by atoms with Gasteiger partial charge in [-0.2, -0.15) is 11.8 Å². The maximum absolute atomic E-state index is 12.7. The van der Waals surface area contributed by atoms with Crippen LogP contribution in [0.15, 0.2) is 53.5 Å². The van der Waals surface area contributed by atoms with Crippen LogP contribution in [0.5, 0.6) is 5.75 Å². The van der Waals surface area contributed by atoms with Crippen LogP contribution in [0.4, 0.5) is 0 Å². The Balaban J connectivity index is 0.00000344. The highest BCUT2D eigenvalue weighted by Gasteiger charge is 2.21. The maximum atomic E-state index is 12.7. The average Bonchev–Trinajstić information content (AvgIpc) is 2.93. The quantitative estimate of drug-likeness (QED) is 0.160. The molecule has 220 valence electrons. The van der Waals surface area contributed by atoms with Gasteiger partial charge in [-0.25, -0.2) is 0 Å². The number of rotatable bonds is 12. The third kappa shape index (κ3) is 13.8. The van der Waals surface area contributed by atoms with Crippen LogP contribution >= 0.6 is 23.5 Å². The predicted octanol–water partition coefficient (Wildman–Crippen LogP) is 7.31. The zero-order valence-electron chi connectivity index (χ0n) is 25.8. The first-order valence-electron chi connectivity index (χ1n) is 14.2. The van der Waals surface area contributed by atoms with Crippen molar-refractivity contribution in [3.63, 3.8) is 0 Å². The van der Waals surface area contributed by atoms with E-state index >= 15 is 0 Å². The van der Waals surface area contributed by atoms with E-state index in [0.29, 0.717) is 28.2 Å². The molecule has 2 atom stereocenters. The smallest absolute Gasteiger partial charge is 0.232 e. The topological polar surface area (TPSA) is 60.9 Å². The lowest BCUT2D eigenvalue weighted by molar-refractivity contribution is -0.130. The van der Waals surface area contributed by atoms with Crippen LogP contribution in [0.3, 0.4) is 0 Å². The Hall–Kier alpha value is -1.96. The Bertz CT molecular complexity index is 928. The third-order valence-corrected chi connectivity index (χ3v) is 8.84. The van der Waals surface area contributed by atoms with Crippen molar-refractivity contribution in [2.75, 3.05) is 44.2 Å². The summed E-state index contributed by atoms with van der Waals surface area (Å²) in [5.74, 6) is 2.55. The minimum atomic E-state index is 0.0296. The van der Waals surface area contributed by atoms with Crippen molar-refractivity contribution in [1.29, 1.82) is 0 Å². The highest BCUT2D eigenvalue weighted by atomic mass is 32.2. The van der Waals surface area contributed by atoms with E-state index in [1.54, 1.807) is 30.8 Å². The number of allylic oxidation sites excluding steroid dienone is 4. The summed E-state index contributed by atoms with van der Waals surface area (Å²) in [5, 5.41) is 10.4. The molecule has 1 aromatic rings. The van der Waals surface area contributed by atoms with E-state index in [2.05, 4.69) is 25.3 Å². The zero-order chi connectivity index (χ0) is 30.0. The van der Waals surface area contributed by atoms with Crippen molar-refractivity contribution in [2.24, 2.45) is 5.92 Å². The number of phenols is 1. The van der Waals surface area contributed by atoms with Crippen molar-refractivity contribution in [3.05, 3.63) is 59.7 Å². The number of thioether (sulfide) groups is 2. The summed E-state index contributed by atoms with van der Waals surface area (Å²) < 4.78 is 0. The molecule has 5 nitrogen and oxygen atoms in total. The fourth-order valence-corrected chi connectivity index (χ4v) is 6.30. The van der Waals surface area contributed by atoms with E-state index in [1.165, 1.54) is 4.90 Å². The first-order valence-corrected chi connectivity index (χ1v) is 16.2. The first kappa shape index (κ1) is 37.0. The summed E-state index contributed by atoms with van der Waals surface area (Å²) in [6.45, 7) is 25.5. The molecule has 39 heavy (non-hydrogen) atoms. The fourth-order valence-electron chi connectivity index (χ4n) is 3.80. The van der Waals surface area contributed by atoms with E-state index < -0.39 is 0 Å². The molecule has 1 fully saturated rings. The van der Waals surface area contributed by atoms with Gasteiger partial charge in [-0.05, 0) is 55.7 Å². The Kier molecular flexibility index (Phi) is 19.8. The van der Waals surface area contributed by atoms with Crippen molar-refractivity contribution in [3.8, 4) is 5.75 Å². The van der Waals surface area contributed by atoms with Gasteiger partial charge in [-0.15, -0.1) is 11.8 Å². The van der Waals surface area contributed by atoms with E-state index in [4.69, 9.17) is 0 Å². The normalized spacial score (nSPS) is 15.5. The lowest BCUT2D eigenvalue weighted by Crippen LogP contribution is -2.49. The molecule has 0 aliphatic carbocycles. The number of ketones is 1. The second kappa shape index (κ2) is 20.9. The van der Waals surface area contributed by atoms with Gasteiger partial charge in [0, 0.05) is 48.4 Å². The molecule has 1 aromatic carbocycles. The van der Waals surface area contributed by atoms with Gasteiger partial charge >= 0.3 is 0 Å². The number of aryl methyl sites for hydroxylation is 2. The number of hydrogen-bond donors (Lipinski definition) is 1. The lowest BCUT2D eigenvalue weighted by Gasteiger charge is -2.34. The standard InChI is InChI=1S/C28H40N2O3S2.2C2H6/c1-7-9-25(23(5)31)10-8-11-29-12-14-30(15-13-29)27(32)19-34-18-22(4)24(6)35-26-16-20(2)28(33)21(3)17-26;2*1-2/h7-10,16-17,22,24,33H,1,11-15,18-19H2,2-6H3;2*1-2H3/b10-8-,25-9+;;/t22-,24?;;/m0../s1. The summed E-state index contributed by atoms with van der Waals surface area (Å²) in [5.41, 5.74) is 2.48. The maximum Gasteiger partial charge on any atom is 0.232 e. The molecule has 0 aromatic heterocycles. The number of aromatic hydroxyl groups is 1. The molecule has 1 unspecified atom stereocenters. The first-order chi connectivity index (χ1) is 18.6. The van der Waals surface area contributed by atoms with Gasteiger partial charge in [0.05, 0.1) is 5.75 Å².